The summed E-state index contributed by atoms with van der Waals surface area (Å²) in [6, 6.07) is 13.0. The number of imidazole rings is 2. The zero-order valence-electron chi connectivity index (χ0n) is 33.3. The molecule has 8 rings (SSSR count). The normalized spacial score (nSPS) is 23.6. The van der Waals surface area contributed by atoms with Gasteiger partial charge in [-0.25, -0.2) is 14.8 Å². The maximum absolute atomic E-state index is 13.8. The quantitative estimate of drug-likeness (QED) is 0.166. The van der Waals surface area contributed by atoms with Crippen LogP contribution in [0.25, 0.3) is 22.3 Å². The van der Waals surface area contributed by atoms with Crippen LogP contribution in [-0.2, 0) is 19.1 Å². The second-order valence-electron chi connectivity index (χ2n) is 17.3. The summed E-state index contributed by atoms with van der Waals surface area (Å²) in [6.45, 7) is 12.1. The molecule has 3 N–H and O–H groups in total. The predicted molar refractivity (Wildman–Crippen MR) is 212 cm³/mol. The minimum absolute atomic E-state index is 0.0804. The number of aromatic nitrogens is 4. The molecule has 4 fully saturated rings. The number of likely N-dealkylation sites (tertiary alicyclic amines) is 2. The van der Waals surface area contributed by atoms with E-state index >= 15 is 0 Å². The number of hydrogen-bond acceptors (Lipinski definition) is 7. The van der Waals surface area contributed by atoms with Crippen LogP contribution >= 0.6 is 0 Å². The summed E-state index contributed by atoms with van der Waals surface area (Å²) in [5, 5.41) is 2.74. The van der Waals surface area contributed by atoms with Crippen LogP contribution in [0.5, 0.6) is 0 Å². The summed E-state index contributed by atoms with van der Waals surface area (Å²) >= 11 is 0. The fraction of sp³-hybridized carbons (Fsp3) is 0.523. The van der Waals surface area contributed by atoms with E-state index in [0.717, 1.165) is 90.2 Å². The van der Waals surface area contributed by atoms with Crippen molar-refractivity contribution < 1.29 is 23.9 Å². The molecular weight excluding hydrogens is 707 g/mol. The van der Waals surface area contributed by atoms with Crippen molar-refractivity contribution in [1.82, 2.24) is 35.1 Å². The lowest BCUT2D eigenvalue weighted by Gasteiger charge is -2.30. The second-order valence-corrected chi connectivity index (χ2v) is 17.3. The molecule has 3 amide bonds. The van der Waals surface area contributed by atoms with E-state index in [-0.39, 0.29) is 52.7 Å². The number of aromatic amines is 2. The second kappa shape index (κ2) is 14.7. The lowest BCUT2D eigenvalue weighted by Crippen LogP contribution is -2.51. The molecular formula is C44H53N7O5. The molecule has 1 saturated carbocycles. The maximum Gasteiger partial charge on any atom is 0.407 e. The molecule has 2 spiro atoms. The Hall–Kier alpha value is -5.15. The minimum atomic E-state index is -0.682. The molecule has 4 aromatic rings. The van der Waals surface area contributed by atoms with E-state index in [0.29, 0.717) is 13.1 Å². The lowest BCUT2D eigenvalue weighted by molar-refractivity contribution is -0.138. The highest BCUT2D eigenvalue weighted by Gasteiger charge is 2.55. The standard InChI is InChI=1S/C44H53N7O5/c1-26(2)28(5)40(52)51-25-44(16-7-19-56-44)22-36(51)39-46-32-15-12-30(20-33(32)47-39)9-8-29-10-13-31(14-11-29)34-23-45-38(48-34)35-21-43(17-18-43)24-50(35)41(53)37(27(3)4)49-42(54)55-6/h10-15,20,23,26-28,35-37H,7,16-19,21-22,24-25H2,1-6H3,(H,45,48)(H,46,47)(H,49,54)/t28-,35-,36-,37-,44-/m0/s1. The highest BCUT2D eigenvalue weighted by molar-refractivity contribution is 5.86. The highest BCUT2D eigenvalue weighted by atomic mass is 16.5. The van der Waals surface area contributed by atoms with E-state index in [1.165, 1.54) is 7.11 Å². The number of nitrogens with one attached hydrogen (secondary N) is 3. The van der Waals surface area contributed by atoms with E-state index < -0.39 is 12.1 Å². The van der Waals surface area contributed by atoms with Crippen LogP contribution in [0.3, 0.4) is 0 Å². The average Bonchev–Trinajstić information content (AvgIpc) is 3.79. The summed E-state index contributed by atoms with van der Waals surface area (Å²) in [6.07, 6.45) is 6.98. The highest BCUT2D eigenvalue weighted by Crippen LogP contribution is 2.58. The lowest BCUT2D eigenvalue weighted by atomic mass is 9.96. The van der Waals surface area contributed by atoms with Gasteiger partial charge in [-0.05, 0) is 85.3 Å². The van der Waals surface area contributed by atoms with Gasteiger partial charge in [0.05, 0.1) is 54.3 Å². The van der Waals surface area contributed by atoms with Gasteiger partial charge in [0.15, 0.2) is 0 Å². The van der Waals surface area contributed by atoms with E-state index in [1.54, 1.807) is 0 Å². The van der Waals surface area contributed by atoms with Gasteiger partial charge in [-0.3, -0.25) is 9.59 Å². The van der Waals surface area contributed by atoms with Crippen LogP contribution in [0.1, 0.15) is 108 Å². The van der Waals surface area contributed by atoms with Crippen molar-refractivity contribution in [3.8, 4) is 23.1 Å². The Morgan fingerprint density at radius 3 is 2.27 bits per heavy atom. The number of fused-ring (bicyclic) bond motifs is 1. The number of carbonyl (C=O) groups excluding carboxylic acids is 3. The van der Waals surface area contributed by atoms with Crippen LogP contribution < -0.4 is 5.32 Å². The fourth-order valence-electron chi connectivity index (χ4n) is 8.76. The zero-order valence-corrected chi connectivity index (χ0v) is 33.3. The van der Waals surface area contributed by atoms with Crippen molar-refractivity contribution in [2.75, 3.05) is 26.8 Å². The molecule has 0 bridgehead atoms. The minimum Gasteiger partial charge on any atom is -0.453 e. The van der Waals surface area contributed by atoms with Gasteiger partial charge < -0.3 is 34.6 Å². The van der Waals surface area contributed by atoms with Gasteiger partial charge in [0.2, 0.25) is 11.8 Å². The molecule has 12 nitrogen and oxygen atoms in total. The van der Waals surface area contributed by atoms with Crippen LogP contribution in [0.15, 0.2) is 48.7 Å². The average molecular weight is 760 g/mol. The van der Waals surface area contributed by atoms with E-state index in [9.17, 15) is 14.4 Å². The van der Waals surface area contributed by atoms with E-state index in [4.69, 9.17) is 19.4 Å². The molecule has 3 aliphatic heterocycles. The van der Waals surface area contributed by atoms with E-state index in [1.807, 2.05) is 79.2 Å². The number of H-pyrrole nitrogens is 2. The Kier molecular flexibility index (Phi) is 9.94. The van der Waals surface area contributed by atoms with Crippen molar-refractivity contribution in [2.45, 2.75) is 96.9 Å². The molecule has 5 heterocycles. The number of alkyl carbamates (subject to hydrolysis) is 1. The molecule has 2 aromatic heterocycles. The number of ether oxygens (including phenoxy) is 2. The predicted octanol–water partition coefficient (Wildman–Crippen LogP) is 6.90. The molecule has 294 valence electrons. The van der Waals surface area contributed by atoms with Gasteiger partial charge in [0.25, 0.3) is 0 Å². The Bertz CT molecular complexity index is 2180. The molecule has 4 aliphatic rings. The summed E-state index contributed by atoms with van der Waals surface area (Å²) in [4.78, 5) is 60.2. The van der Waals surface area contributed by atoms with Crippen molar-refractivity contribution in [1.29, 1.82) is 0 Å². The Morgan fingerprint density at radius 1 is 0.875 bits per heavy atom. The molecule has 2 aromatic carbocycles. The number of carbonyl (C=O) groups is 3. The van der Waals surface area contributed by atoms with Crippen molar-refractivity contribution in [2.24, 2.45) is 23.2 Å². The van der Waals surface area contributed by atoms with Gasteiger partial charge in [0.1, 0.15) is 17.7 Å². The topological polar surface area (TPSA) is 146 Å². The molecule has 56 heavy (non-hydrogen) atoms. The molecule has 1 aliphatic carbocycles. The molecule has 5 atom stereocenters. The molecule has 0 radical (unpaired) electrons. The molecule has 12 heteroatoms. The SMILES string of the molecule is COC(=O)N[C@H](C(=O)N1CC2(CC2)C[C@H]1c1ncc(-c2ccc(C#Cc3ccc4nc([C@@H]5C[C@@]6(CCCO6)CN5C(=O)[C@@H](C)C(C)C)[nH]c4c3)cc2)[nH]1)C(C)C. The van der Waals surface area contributed by atoms with Crippen molar-refractivity contribution in [3.05, 3.63) is 71.4 Å². The van der Waals surface area contributed by atoms with Crippen LogP contribution in [0, 0.1) is 35.0 Å². The number of benzene rings is 2. The number of nitrogens with zero attached hydrogens (tertiary/aromatic N) is 4. The van der Waals surface area contributed by atoms with Gasteiger partial charge in [-0.2, -0.15) is 0 Å². The summed E-state index contributed by atoms with van der Waals surface area (Å²) in [7, 11) is 1.31. The smallest absolute Gasteiger partial charge is 0.407 e. The molecule has 0 unspecified atom stereocenters. The summed E-state index contributed by atoms with van der Waals surface area (Å²) < 4.78 is 11.1. The van der Waals surface area contributed by atoms with Crippen LogP contribution in [0.2, 0.25) is 0 Å². The Labute approximate surface area is 328 Å². The first-order valence-electron chi connectivity index (χ1n) is 20.1. The van der Waals surface area contributed by atoms with Gasteiger partial charge in [0, 0.05) is 36.6 Å². The van der Waals surface area contributed by atoms with Crippen molar-refractivity contribution >= 4 is 28.9 Å². The first-order chi connectivity index (χ1) is 26.9. The largest absolute Gasteiger partial charge is 0.453 e. The first kappa shape index (κ1) is 37.8. The number of methoxy groups -OCH3 is 1. The fourth-order valence-corrected chi connectivity index (χ4v) is 8.76. The third-order valence-electron chi connectivity index (χ3n) is 12.7. The molecule has 3 saturated heterocycles. The summed E-state index contributed by atoms with van der Waals surface area (Å²) in [5.41, 5.74) is 5.15. The number of rotatable bonds is 8. The third-order valence-corrected chi connectivity index (χ3v) is 12.7. The number of amides is 3. The Morgan fingerprint density at radius 2 is 1.59 bits per heavy atom. The van der Waals surface area contributed by atoms with E-state index in [2.05, 4.69) is 41.0 Å². The van der Waals surface area contributed by atoms with Gasteiger partial charge in [-0.15, -0.1) is 0 Å². The Balaban J connectivity index is 0.966. The zero-order chi connectivity index (χ0) is 39.4. The van der Waals surface area contributed by atoms with Crippen molar-refractivity contribution in [3.63, 3.8) is 0 Å². The third kappa shape index (κ3) is 7.29. The monoisotopic (exact) mass is 759 g/mol. The number of hydrogen-bond donors (Lipinski definition) is 3. The van der Waals surface area contributed by atoms with Crippen LogP contribution in [0.4, 0.5) is 4.79 Å². The first-order valence-corrected chi connectivity index (χ1v) is 20.1. The van der Waals surface area contributed by atoms with Crippen LogP contribution in [-0.4, -0.2) is 86.1 Å². The van der Waals surface area contributed by atoms with Gasteiger partial charge >= 0.3 is 6.09 Å². The van der Waals surface area contributed by atoms with Gasteiger partial charge in [-0.1, -0.05) is 58.6 Å². The summed E-state index contributed by atoms with van der Waals surface area (Å²) in [5.74, 6) is 8.29. The maximum atomic E-state index is 13.8.